The molecular weight excluding hydrogens is 336 g/mol. The van der Waals surface area contributed by atoms with E-state index >= 15 is 0 Å². The van der Waals surface area contributed by atoms with E-state index in [1.165, 1.54) is 38.5 Å². The van der Waals surface area contributed by atoms with E-state index in [1.807, 2.05) is 0 Å². The Morgan fingerprint density at radius 1 is 1.07 bits per heavy atom. The molecule has 3 aliphatic carbocycles. The largest absolute Gasteiger partial charge is 0.393 e. The Labute approximate surface area is 166 Å². The van der Waals surface area contributed by atoms with Crippen molar-refractivity contribution in [1.29, 1.82) is 0 Å². The zero-order valence-electron chi connectivity index (χ0n) is 17.7. The number of carbonyl (C=O) groups is 1. The van der Waals surface area contributed by atoms with E-state index in [9.17, 15) is 15.0 Å². The van der Waals surface area contributed by atoms with Gasteiger partial charge in [-0.1, -0.05) is 58.8 Å². The molecule has 6 atom stereocenters. The molecule has 0 bridgehead atoms. The third-order valence-corrected chi connectivity index (χ3v) is 8.34. The highest BCUT2D eigenvalue weighted by atomic mass is 16.3. The van der Waals surface area contributed by atoms with Gasteiger partial charge in [-0.15, -0.1) is 0 Å². The third-order valence-electron chi connectivity index (χ3n) is 8.34. The number of fused-ring (bicyclic) bond motifs is 1. The number of rotatable bonds is 9. The van der Waals surface area contributed by atoms with Crippen LogP contribution in [0.25, 0.3) is 0 Å². The van der Waals surface area contributed by atoms with Crippen LogP contribution in [0, 0.1) is 29.1 Å². The molecule has 0 aromatic carbocycles. The smallest absolute Gasteiger partial charge is 0.142 e. The predicted octanol–water partition coefficient (Wildman–Crippen LogP) is 5.27. The van der Waals surface area contributed by atoms with Crippen LogP contribution in [0.5, 0.6) is 0 Å². The lowest BCUT2D eigenvalue weighted by Crippen LogP contribution is -2.63. The first kappa shape index (κ1) is 21.3. The Morgan fingerprint density at radius 3 is 2.52 bits per heavy atom. The van der Waals surface area contributed by atoms with Crippen LogP contribution in [0.1, 0.15) is 104 Å². The van der Waals surface area contributed by atoms with Gasteiger partial charge in [0, 0.05) is 11.3 Å². The van der Waals surface area contributed by atoms with Gasteiger partial charge in [0.2, 0.25) is 0 Å². The predicted molar refractivity (Wildman–Crippen MR) is 109 cm³/mol. The summed E-state index contributed by atoms with van der Waals surface area (Å²) in [4.78, 5) is 12.9. The summed E-state index contributed by atoms with van der Waals surface area (Å²) in [7, 11) is 0. The van der Waals surface area contributed by atoms with Crippen LogP contribution in [0.3, 0.4) is 0 Å². The van der Waals surface area contributed by atoms with Crippen molar-refractivity contribution in [3.63, 3.8) is 0 Å². The first-order chi connectivity index (χ1) is 13.0. The monoisotopic (exact) mass is 378 g/mol. The lowest BCUT2D eigenvalue weighted by atomic mass is 9.43. The summed E-state index contributed by atoms with van der Waals surface area (Å²) in [5, 5.41) is 21.4. The Morgan fingerprint density at radius 2 is 1.81 bits per heavy atom. The molecule has 1 unspecified atom stereocenters. The molecule has 3 rings (SSSR count). The minimum absolute atomic E-state index is 0.165. The maximum atomic E-state index is 12.9. The van der Waals surface area contributed by atoms with Gasteiger partial charge in [0.25, 0.3) is 0 Å². The topological polar surface area (TPSA) is 57.5 Å². The van der Waals surface area contributed by atoms with Crippen molar-refractivity contribution in [1.82, 2.24) is 0 Å². The number of carbonyl (C=O) groups excluding carboxylic acids is 1. The van der Waals surface area contributed by atoms with Gasteiger partial charge in [-0.25, -0.2) is 0 Å². The molecule has 27 heavy (non-hydrogen) atoms. The average Bonchev–Trinajstić information content (AvgIpc) is 2.69. The molecule has 3 fully saturated rings. The molecule has 0 saturated heterocycles. The van der Waals surface area contributed by atoms with Crippen LogP contribution in [0.4, 0.5) is 0 Å². The van der Waals surface area contributed by atoms with Crippen LogP contribution in [-0.2, 0) is 4.79 Å². The lowest BCUT2D eigenvalue weighted by Gasteiger charge is -2.59. The van der Waals surface area contributed by atoms with Crippen molar-refractivity contribution in [3.05, 3.63) is 0 Å². The number of hydrogen-bond donors (Lipinski definition) is 2. The van der Waals surface area contributed by atoms with Gasteiger partial charge in [-0.05, 0) is 62.7 Å². The highest BCUT2D eigenvalue weighted by Gasteiger charge is 2.63. The van der Waals surface area contributed by atoms with Crippen molar-refractivity contribution in [2.24, 2.45) is 29.1 Å². The van der Waals surface area contributed by atoms with Crippen LogP contribution >= 0.6 is 0 Å². The van der Waals surface area contributed by atoms with Crippen molar-refractivity contribution >= 4 is 5.78 Å². The first-order valence-electron chi connectivity index (χ1n) is 11.9. The van der Waals surface area contributed by atoms with Gasteiger partial charge in [-0.3, -0.25) is 4.79 Å². The molecule has 0 heterocycles. The van der Waals surface area contributed by atoms with Gasteiger partial charge >= 0.3 is 0 Å². The van der Waals surface area contributed by atoms with Crippen LogP contribution in [0.15, 0.2) is 0 Å². The fourth-order valence-electron chi connectivity index (χ4n) is 6.65. The molecule has 3 aliphatic rings. The summed E-state index contributed by atoms with van der Waals surface area (Å²) in [6.45, 7) is 4.37. The van der Waals surface area contributed by atoms with Crippen molar-refractivity contribution in [2.75, 3.05) is 0 Å². The summed E-state index contributed by atoms with van der Waals surface area (Å²) in [5.74, 6) is 1.64. The van der Waals surface area contributed by atoms with Crippen molar-refractivity contribution in [3.8, 4) is 0 Å². The molecule has 0 radical (unpaired) electrons. The van der Waals surface area contributed by atoms with Gasteiger partial charge in [0.05, 0.1) is 12.2 Å². The SMILES string of the molecule is CCCCCCC1C(=O)[C@]2(C)CC[C@H](O)[C@@H](CC[C@@H](O)C3CCCCC3)[C@H]12. The Kier molecular flexibility index (Phi) is 7.41. The van der Waals surface area contributed by atoms with E-state index in [4.69, 9.17) is 0 Å². The number of hydrogen-bond acceptors (Lipinski definition) is 3. The Hall–Kier alpha value is -0.410. The average molecular weight is 379 g/mol. The van der Waals surface area contributed by atoms with E-state index in [0.717, 1.165) is 51.4 Å². The molecule has 0 spiro atoms. The summed E-state index contributed by atoms with van der Waals surface area (Å²) >= 11 is 0. The van der Waals surface area contributed by atoms with Crippen molar-refractivity contribution < 1.29 is 15.0 Å². The Balaban J connectivity index is 1.58. The molecule has 3 heteroatoms. The van der Waals surface area contributed by atoms with E-state index in [-0.39, 0.29) is 29.5 Å². The maximum Gasteiger partial charge on any atom is 0.142 e. The second-order valence-electron chi connectivity index (χ2n) is 10.1. The fraction of sp³-hybridized carbons (Fsp3) is 0.958. The highest BCUT2D eigenvalue weighted by Crippen LogP contribution is 2.60. The molecule has 0 aromatic heterocycles. The lowest BCUT2D eigenvalue weighted by molar-refractivity contribution is -0.178. The summed E-state index contributed by atoms with van der Waals surface area (Å²) in [6.07, 6.45) is 14.8. The third kappa shape index (κ3) is 4.45. The Bertz CT molecular complexity index is 484. The minimum atomic E-state index is -0.284. The summed E-state index contributed by atoms with van der Waals surface area (Å²) in [5.41, 5.74) is -0.199. The summed E-state index contributed by atoms with van der Waals surface area (Å²) < 4.78 is 0. The number of aliphatic hydroxyl groups excluding tert-OH is 2. The van der Waals surface area contributed by atoms with E-state index in [2.05, 4.69) is 13.8 Å². The van der Waals surface area contributed by atoms with Crippen LogP contribution in [-0.4, -0.2) is 28.2 Å². The van der Waals surface area contributed by atoms with Crippen LogP contribution in [0.2, 0.25) is 0 Å². The van der Waals surface area contributed by atoms with Crippen LogP contribution < -0.4 is 0 Å². The number of unbranched alkanes of at least 4 members (excludes halogenated alkanes) is 3. The standard InChI is InChI=1S/C24H42O3/c1-3-4-5-9-12-19-22-18(21(26)15-16-24(22,2)23(19)27)13-14-20(25)17-10-7-6-8-11-17/h17-22,25-26H,3-16H2,1-2H3/t18-,19?,20-,21+,22-,24-/m1/s1. The second kappa shape index (κ2) is 9.39. The maximum absolute atomic E-state index is 12.9. The van der Waals surface area contributed by atoms with Gasteiger partial charge in [0.1, 0.15) is 5.78 Å². The van der Waals surface area contributed by atoms with Gasteiger partial charge < -0.3 is 10.2 Å². The second-order valence-corrected chi connectivity index (χ2v) is 10.1. The van der Waals surface area contributed by atoms with Gasteiger partial charge in [-0.2, -0.15) is 0 Å². The molecule has 0 aromatic rings. The van der Waals surface area contributed by atoms with E-state index in [1.54, 1.807) is 0 Å². The first-order valence-corrected chi connectivity index (χ1v) is 11.9. The normalized spacial score (nSPS) is 38.3. The molecule has 3 saturated carbocycles. The zero-order valence-corrected chi connectivity index (χ0v) is 17.7. The fourth-order valence-corrected chi connectivity index (χ4v) is 6.65. The van der Waals surface area contributed by atoms with E-state index < -0.39 is 0 Å². The zero-order chi connectivity index (χ0) is 19.4. The number of Topliss-reactive ketones (excluding diaryl/α,β-unsaturated/α-hetero) is 1. The molecular formula is C24H42O3. The summed E-state index contributed by atoms with van der Waals surface area (Å²) in [6, 6.07) is 0. The number of aliphatic hydroxyl groups is 2. The molecule has 0 amide bonds. The number of ketones is 1. The quantitative estimate of drug-likeness (QED) is 0.537. The highest BCUT2D eigenvalue weighted by molar-refractivity contribution is 5.93. The molecule has 156 valence electrons. The van der Waals surface area contributed by atoms with Gasteiger partial charge in [0.15, 0.2) is 0 Å². The van der Waals surface area contributed by atoms with E-state index in [0.29, 0.717) is 17.6 Å². The molecule has 2 N–H and O–H groups in total. The minimum Gasteiger partial charge on any atom is -0.393 e. The molecule has 0 aliphatic heterocycles. The van der Waals surface area contributed by atoms with Crippen molar-refractivity contribution in [2.45, 2.75) is 116 Å². The molecule has 3 nitrogen and oxygen atoms in total.